The van der Waals surface area contributed by atoms with E-state index >= 15 is 0 Å². The van der Waals surface area contributed by atoms with Crippen molar-refractivity contribution in [3.05, 3.63) is 48.6 Å². The molecule has 0 saturated carbocycles. The maximum atomic E-state index is 13.1. The molecule has 0 fully saturated rings. The van der Waals surface area contributed by atoms with Gasteiger partial charge in [0.2, 0.25) is 0 Å². The average molecular weight is 1400 g/mol. The van der Waals surface area contributed by atoms with Gasteiger partial charge in [-0.25, -0.2) is 9.13 Å². The summed E-state index contributed by atoms with van der Waals surface area (Å²) in [6, 6.07) is 0. The van der Waals surface area contributed by atoms with Crippen molar-refractivity contribution in [1.82, 2.24) is 0 Å². The number of carbonyl (C=O) groups is 4. The van der Waals surface area contributed by atoms with Gasteiger partial charge in [0, 0.05) is 25.7 Å². The highest BCUT2D eigenvalue weighted by atomic mass is 31.2. The number of esters is 4. The molecule has 0 aromatic carbocycles. The van der Waals surface area contributed by atoms with Gasteiger partial charge in [0.1, 0.15) is 19.3 Å². The van der Waals surface area contributed by atoms with Crippen LogP contribution in [0.15, 0.2) is 48.6 Å². The molecule has 0 bridgehead atoms. The van der Waals surface area contributed by atoms with Gasteiger partial charge in [0.25, 0.3) is 0 Å². The van der Waals surface area contributed by atoms with Crippen molar-refractivity contribution in [1.29, 1.82) is 0 Å². The Morgan fingerprint density at radius 1 is 0.323 bits per heavy atom. The monoisotopic (exact) mass is 1400 g/mol. The van der Waals surface area contributed by atoms with Gasteiger partial charge in [-0.2, -0.15) is 0 Å². The fourth-order valence-electron chi connectivity index (χ4n) is 10.7. The highest BCUT2D eigenvalue weighted by molar-refractivity contribution is 7.47. The third kappa shape index (κ3) is 69.5. The molecule has 0 aliphatic carbocycles. The lowest BCUT2D eigenvalue weighted by atomic mass is 10.0. The standard InChI is InChI=1S/C77H142O17P2/c1-7-9-11-13-15-17-19-21-23-27-31-35-41-47-53-59-74(79)87-65-72(93-76(81)62-56-50-43-37-33-29-25-26-30-34-39-45-51-57-69(3)4)67-91-95(83,84)89-63-71(78)64-90-96(85,86)92-68-73(66-88-75(80)60-54-48-44-38-40-46-52-58-70(5)6)94-77(82)61-55-49-42-36-32-28-24-22-20-18-16-14-12-10-8-2/h17-24,69-73,78H,7-16,25-68H2,1-6H3,(H,83,84)(H,85,86)/b19-17-,20-18-,23-21-,24-22-/t71?,72-,73-/m1/s1. The SMILES string of the molecule is CCCCCC/C=C\C=C/CCCCCCCC(=O)OC[C@H](COP(=O)(O)OCC(O)COP(=O)(O)OC[C@@H](COC(=O)CCCCCCCCCC(C)C)OC(=O)CCCCCCC/C=C\C=C/CCCCCC)OC(=O)CCCCCCCCCCCCCCCC(C)C. The molecule has 0 rings (SSSR count). The lowest BCUT2D eigenvalue weighted by Gasteiger charge is -2.21. The van der Waals surface area contributed by atoms with Gasteiger partial charge in [-0.15, -0.1) is 0 Å². The van der Waals surface area contributed by atoms with Crippen molar-refractivity contribution in [2.45, 2.75) is 368 Å². The average Bonchev–Trinajstić information content (AvgIpc) is 2.99. The Balaban J connectivity index is 5.32. The molecule has 0 radical (unpaired) electrons. The van der Waals surface area contributed by atoms with Crippen molar-refractivity contribution in [3.8, 4) is 0 Å². The Labute approximate surface area is 585 Å². The minimum atomic E-state index is -4.97. The van der Waals surface area contributed by atoms with Gasteiger partial charge in [-0.3, -0.25) is 37.3 Å². The summed E-state index contributed by atoms with van der Waals surface area (Å²) in [7, 11) is -9.94. The molecule has 3 N–H and O–H groups in total. The van der Waals surface area contributed by atoms with E-state index in [4.69, 9.17) is 37.0 Å². The highest BCUT2D eigenvalue weighted by Gasteiger charge is 2.30. The molecule has 562 valence electrons. The van der Waals surface area contributed by atoms with Crippen LogP contribution in [0.5, 0.6) is 0 Å². The van der Waals surface area contributed by atoms with Gasteiger partial charge < -0.3 is 33.8 Å². The van der Waals surface area contributed by atoms with E-state index < -0.39 is 97.5 Å². The Morgan fingerprint density at radius 3 is 0.844 bits per heavy atom. The van der Waals surface area contributed by atoms with Crippen LogP contribution in [0.25, 0.3) is 0 Å². The minimum absolute atomic E-state index is 0.0818. The van der Waals surface area contributed by atoms with Crippen LogP contribution >= 0.6 is 15.6 Å². The van der Waals surface area contributed by atoms with E-state index in [2.05, 4.69) is 90.2 Å². The lowest BCUT2D eigenvalue weighted by molar-refractivity contribution is -0.161. The fraction of sp³-hybridized carbons (Fsp3) is 0.844. The molecule has 5 atom stereocenters. The number of phosphoric ester groups is 2. The molecule has 3 unspecified atom stereocenters. The topological polar surface area (TPSA) is 237 Å². The van der Waals surface area contributed by atoms with Crippen molar-refractivity contribution >= 4 is 39.5 Å². The number of aliphatic hydroxyl groups excluding tert-OH is 1. The third-order valence-corrected chi connectivity index (χ3v) is 18.6. The van der Waals surface area contributed by atoms with Crippen molar-refractivity contribution in [2.75, 3.05) is 39.6 Å². The zero-order valence-corrected chi connectivity index (χ0v) is 63.4. The van der Waals surface area contributed by atoms with E-state index in [9.17, 15) is 43.2 Å². The van der Waals surface area contributed by atoms with E-state index in [0.717, 1.165) is 134 Å². The van der Waals surface area contributed by atoms with E-state index in [1.165, 1.54) is 128 Å². The van der Waals surface area contributed by atoms with E-state index in [-0.39, 0.29) is 25.7 Å². The van der Waals surface area contributed by atoms with Crippen LogP contribution in [0.1, 0.15) is 350 Å². The molecule has 0 aromatic rings. The number of aliphatic hydroxyl groups is 1. The largest absolute Gasteiger partial charge is 0.472 e. The minimum Gasteiger partial charge on any atom is -0.462 e. The first-order valence-electron chi connectivity index (χ1n) is 38.6. The Morgan fingerprint density at radius 2 is 0.562 bits per heavy atom. The third-order valence-electron chi connectivity index (χ3n) is 16.7. The Bertz CT molecular complexity index is 2040. The number of rotatable bonds is 72. The van der Waals surface area contributed by atoms with Gasteiger partial charge in [0.15, 0.2) is 12.2 Å². The quantitative estimate of drug-likeness (QED) is 0.0169. The summed E-state index contributed by atoms with van der Waals surface area (Å²) >= 11 is 0. The van der Waals surface area contributed by atoms with E-state index in [1.54, 1.807) is 0 Å². The van der Waals surface area contributed by atoms with Gasteiger partial charge in [-0.05, 0) is 88.9 Å². The molecule has 19 heteroatoms. The number of ether oxygens (including phenoxy) is 4. The normalized spacial score (nSPS) is 14.3. The van der Waals surface area contributed by atoms with E-state index in [0.29, 0.717) is 31.6 Å². The smallest absolute Gasteiger partial charge is 0.462 e. The Kier molecular flexibility index (Phi) is 65.7. The maximum absolute atomic E-state index is 13.1. The van der Waals surface area contributed by atoms with Crippen molar-refractivity contribution in [2.24, 2.45) is 11.8 Å². The number of hydrogen-bond donors (Lipinski definition) is 3. The molecule has 0 heterocycles. The first-order valence-corrected chi connectivity index (χ1v) is 41.6. The van der Waals surface area contributed by atoms with Crippen molar-refractivity contribution in [3.63, 3.8) is 0 Å². The number of hydrogen-bond acceptors (Lipinski definition) is 15. The van der Waals surface area contributed by atoms with Gasteiger partial charge in [0.05, 0.1) is 26.4 Å². The van der Waals surface area contributed by atoms with Crippen LogP contribution in [0, 0.1) is 11.8 Å². The van der Waals surface area contributed by atoms with E-state index in [1.807, 2.05) is 0 Å². The van der Waals surface area contributed by atoms with Crippen LogP contribution in [-0.4, -0.2) is 96.7 Å². The summed E-state index contributed by atoms with van der Waals surface area (Å²) in [6.07, 6.45) is 61.3. The number of carbonyl (C=O) groups excluding carboxylic acids is 4. The predicted octanol–water partition coefficient (Wildman–Crippen LogP) is 21.8. The van der Waals surface area contributed by atoms with Crippen LogP contribution in [0.4, 0.5) is 0 Å². The molecule has 0 saturated heterocycles. The summed E-state index contributed by atoms with van der Waals surface area (Å²) in [4.78, 5) is 72.8. The molecular weight excluding hydrogens is 1260 g/mol. The first-order chi connectivity index (χ1) is 46.4. The number of unbranched alkanes of at least 4 members (excludes halogenated alkanes) is 36. The second kappa shape index (κ2) is 67.8. The van der Waals surface area contributed by atoms with Gasteiger partial charge in [-0.1, -0.05) is 296 Å². The van der Waals surface area contributed by atoms with Crippen LogP contribution in [0.2, 0.25) is 0 Å². The van der Waals surface area contributed by atoms with Gasteiger partial charge >= 0.3 is 39.5 Å². The zero-order valence-electron chi connectivity index (χ0n) is 61.6. The molecule has 0 aromatic heterocycles. The fourth-order valence-corrected chi connectivity index (χ4v) is 12.3. The molecule has 0 aliphatic rings. The molecule has 0 amide bonds. The molecule has 0 aliphatic heterocycles. The number of allylic oxidation sites excluding steroid dienone is 8. The summed E-state index contributed by atoms with van der Waals surface area (Å²) < 4.78 is 68.5. The highest BCUT2D eigenvalue weighted by Crippen LogP contribution is 2.45. The molecular formula is C77H142O17P2. The van der Waals surface area contributed by atoms with Crippen LogP contribution in [0.3, 0.4) is 0 Å². The molecule has 96 heavy (non-hydrogen) atoms. The lowest BCUT2D eigenvalue weighted by Crippen LogP contribution is -2.30. The van der Waals surface area contributed by atoms with Crippen LogP contribution in [-0.2, 0) is 65.4 Å². The molecule has 0 spiro atoms. The van der Waals surface area contributed by atoms with Crippen LogP contribution < -0.4 is 0 Å². The predicted molar refractivity (Wildman–Crippen MR) is 390 cm³/mol. The Hall–Kier alpha value is -2.98. The second-order valence-corrected chi connectivity index (χ2v) is 30.2. The second-order valence-electron chi connectivity index (χ2n) is 27.3. The molecule has 17 nitrogen and oxygen atoms in total. The summed E-state index contributed by atoms with van der Waals surface area (Å²) in [5, 5.41) is 10.6. The summed E-state index contributed by atoms with van der Waals surface area (Å²) in [5.41, 5.74) is 0. The summed E-state index contributed by atoms with van der Waals surface area (Å²) in [6.45, 7) is 9.42. The number of phosphoric acid groups is 2. The maximum Gasteiger partial charge on any atom is 0.472 e. The first kappa shape index (κ1) is 93.0. The zero-order chi connectivity index (χ0) is 70.7. The van der Waals surface area contributed by atoms with Crippen molar-refractivity contribution < 1.29 is 80.2 Å². The summed E-state index contributed by atoms with van der Waals surface area (Å²) in [5.74, 6) is -0.694.